The zero-order chi connectivity index (χ0) is 72.7. The first kappa shape index (κ1) is 63.9. The molecule has 0 amide bonds. The summed E-state index contributed by atoms with van der Waals surface area (Å²) in [6, 6.07) is 127. The van der Waals surface area contributed by atoms with Crippen LogP contribution in [0.15, 0.2) is 340 Å². The molecule has 0 spiro atoms. The summed E-state index contributed by atoms with van der Waals surface area (Å²) in [6.07, 6.45) is 0. The second-order valence-corrected chi connectivity index (χ2v) is 33.1. The highest BCUT2D eigenvalue weighted by molar-refractivity contribution is 6.23. The molecule has 108 heavy (non-hydrogen) atoms. The molecule has 0 aromatic heterocycles. The number of hydrogen-bond acceptors (Lipinski definition) is 0. The van der Waals surface area contributed by atoms with Crippen molar-refractivity contribution in [2.75, 3.05) is 0 Å². The molecule has 0 saturated carbocycles. The molecule has 0 nitrogen and oxygen atoms in total. The maximum atomic E-state index is 2.46. The van der Waals surface area contributed by atoms with Gasteiger partial charge < -0.3 is 0 Å². The van der Waals surface area contributed by atoms with Gasteiger partial charge in [-0.2, -0.15) is 0 Å². The lowest BCUT2D eigenvalue weighted by atomic mass is 9.72. The highest BCUT2D eigenvalue weighted by Crippen LogP contribution is 2.62. The van der Waals surface area contributed by atoms with Crippen molar-refractivity contribution in [2.24, 2.45) is 0 Å². The van der Waals surface area contributed by atoms with Crippen molar-refractivity contribution in [1.82, 2.24) is 0 Å². The van der Waals surface area contributed by atoms with E-state index in [-0.39, 0.29) is 21.7 Å². The summed E-state index contributed by atoms with van der Waals surface area (Å²) in [6.45, 7) is 19.3. The largest absolute Gasteiger partial charge is 0.0619 e. The average molecular weight is 1380 g/mol. The summed E-state index contributed by atoms with van der Waals surface area (Å²) < 4.78 is 0. The Morgan fingerprint density at radius 3 is 0.991 bits per heavy atom. The molecule has 512 valence electrons. The highest BCUT2D eigenvalue weighted by Gasteiger charge is 2.47. The second-order valence-electron chi connectivity index (χ2n) is 33.1. The summed E-state index contributed by atoms with van der Waals surface area (Å²) in [5, 5.41) is 15.3. The first-order valence-electron chi connectivity index (χ1n) is 38.5. The minimum absolute atomic E-state index is 0.0361. The first-order chi connectivity index (χ1) is 52.5. The van der Waals surface area contributed by atoms with E-state index < -0.39 is 0 Å². The Balaban J connectivity index is 0.000000139. The van der Waals surface area contributed by atoms with Crippen LogP contribution in [0.2, 0.25) is 0 Å². The summed E-state index contributed by atoms with van der Waals surface area (Å²) in [5.74, 6) is 0. The minimum Gasteiger partial charge on any atom is -0.0619 e. The lowest BCUT2D eigenvalue weighted by Crippen LogP contribution is -2.24. The SMILES string of the molecule is CC1(C)c2ccccc2-c2ccc3c(c21)C(C)(C)c1cc(-c2cccc(-c4ccc5cc(-c6ccc7ccccc7c6)ccc5c4)c2)ccc1-3.CC1(C)c2ccccc2-c2ccc3c(c21)C(C)(C)c1ccc(-c2cccc(-c4ccc5cc(-c6cc7ccc8ccccc8c7c7ccccc67)ccc5c4)c2)cc1-3. The maximum absolute atomic E-state index is 2.46. The van der Waals surface area contributed by atoms with Crippen molar-refractivity contribution in [3.8, 4) is 111 Å². The zero-order valence-corrected chi connectivity index (χ0v) is 62.3. The first-order valence-corrected chi connectivity index (χ1v) is 38.5. The van der Waals surface area contributed by atoms with Gasteiger partial charge in [-0.3, -0.25) is 0 Å². The van der Waals surface area contributed by atoms with Crippen LogP contribution in [-0.4, -0.2) is 0 Å². The third-order valence-corrected chi connectivity index (χ3v) is 25.5. The van der Waals surface area contributed by atoms with Gasteiger partial charge in [0.25, 0.3) is 0 Å². The van der Waals surface area contributed by atoms with Crippen LogP contribution in [0.25, 0.3) is 176 Å². The summed E-state index contributed by atoms with van der Waals surface area (Å²) >= 11 is 0. The van der Waals surface area contributed by atoms with E-state index in [1.807, 2.05) is 0 Å². The van der Waals surface area contributed by atoms with Gasteiger partial charge in [0.1, 0.15) is 0 Å². The molecule has 18 aromatic rings. The molecule has 0 saturated heterocycles. The Hall–Kier alpha value is -12.5. The summed E-state index contributed by atoms with van der Waals surface area (Å²) in [4.78, 5) is 0. The van der Waals surface area contributed by atoms with Gasteiger partial charge in [0.15, 0.2) is 0 Å². The standard InChI is InChI=1S/C58H42.C50H38/c1-57(2)52-19-10-9-17-46(52)48-27-28-49-51-33-41(26-29-53(51)58(3,4)56(49)55(48)57)37-14-11-13-36(30-37)38-21-22-40-32-42(24-23-39(40)31-38)50-34-43-25-20-35-12-5-6-15-44(35)54(43)47-18-8-7-16-45(47)50;1-49(2)45-15-8-7-14-41(45)43-24-25-44-42-23-22-40(30-46(42)50(3,4)48(44)47(43)49)34-13-9-12-33(27-34)35-18-19-39-29-38(21-20-37(39)28-35)36-17-16-31-10-5-6-11-32(31)26-36/h5-34H,1-4H3;5-30H,1-4H3. The van der Waals surface area contributed by atoms with E-state index in [2.05, 4.69) is 395 Å². The van der Waals surface area contributed by atoms with E-state index in [1.54, 1.807) is 0 Å². The Morgan fingerprint density at radius 1 is 0.148 bits per heavy atom. The van der Waals surface area contributed by atoms with E-state index >= 15 is 0 Å². The van der Waals surface area contributed by atoms with Crippen molar-refractivity contribution in [2.45, 2.75) is 77.0 Å². The molecular formula is C108H80. The Labute approximate surface area is 633 Å². The van der Waals surface area contributed by atoms with Crippen molar-refractivity contribution < 1.29 is 0 Å². The fourth-order valence-corrected chi connectivity index (χ4v) is 20.2. The van der Waals surface area contributed by atoms with Crippen molar-refractivity contribution in [3.05, 3.63) is 384 Å². The lowest BCUT2D eigenvalue weighted by molar-refractivity contribution is 0.601. The molecule has 4 aliphatic carbocycles. The molecule has 0 unspecified atom stereocenters. The Morgan fingerprint density at radius 2 is 0.463 bits per heavy atom. The monoisotopic (exact) mass is 1380 g/mol. The average Bonchev–Trinajstić information content (AvgIpc) is 1.53. The molecule has 0 radical (unpaired) electrons. The van der Waals surface area contributed by atoms with E-state index in [4.69, 9.17) is 0 Å². The van der Waals surface area contributed by atoms with Crippen LogP contribution in [0.1, 0.15) is 99.9 Å². The third kappa shape index (κ3) is 9.62. The topological polar surface area (TPSA) is 0 Å². The predicted octanol–water partition coefficient (Wildman–Crippen LogP) is 29.5. The van der Waals surface area contributed by atoms with Crippen LogP contribution in [0, 0.1) is 0 Å². The number of hydrogen-bond donors (Lipinski definition) is 0. The van der Waals surface area contributed by atoms with Crippen molar-refractivity contribution in [1.29, 1.82) is 0 Å². The molecule has 0 aliphatic heterocycles. The van der Waals surface area contributed by atoms with Gasteiger partial charge in [-0.05, 0) is 281 Å². The summed E-state index contributed by atoms with van der Waals surface area (Å²) in [7, 11) is 0. The predicted molar refractivity (Wildman–Crippen MR) is 461 cm³/mol. The molecule has 0 heterocycles. The van der Waals surface area contributed by atoms with Crippen LogP contribution < -0.4 is 0 Å². The number of fused-ring (bicyclic) bond motifs is 22. The quantitative estimate of drug-likeness (QED) is 0.146. The summed E-state index contributed by atoms with van der Waals surface area (Å²) in [5.41, 5.74) is 37.5. The Bertz CT molecular complexity index is 6920. The van der Waals surface area contributed by atoms with Crippen LogP contribution >= 0.6 is 0 Å². The molecule has 22 rings (SSSR count). The molecule has 0 atom stereocenters. The van der Waals surface area contributed by atoms with Crippen LogP contribution in [0.4, 0.5) is 0 Å². The van der Waals surface area contributed by atoms with Crippen LogP contribution in [0.5, 0.6) is 0 Å². The van der Waals surface area contributed by atoms with E-state index in [0.717, 1.165) is 0 Å². The molecule has 18 aromatic carbocycles. The smallest absolute Gasteiger partial charge is 0.0162 e. The van der Waals surface area contributed by atoms with Gasteiger partial charge in [0.05, 0.1) is 0 Å². The maximum Gasteiger partial charge on any atom is 0.0162 e. The van der Waals surface area contributed by atoms with Crippen molar-refractivity contribution >= 4 is 64.6 Å². The number of benzene rings is 18. The normalized spacial score (nSPS) is 14.6. The zero-order valence-electron chi connectivity index (χ0n) is 62.3. The van der Waals surface area contributed by atoms with Gasteiger partial charge in [-0.15, -0.1) is 0 Å². The van der Waals surface area contributed by atoms with Gasteiger partial charge in [-0.25, -0.2) is 0 Å². The third-order valence-electron chi connectivity index (χ3n) is 25.5. The van der Waals surface area contributed by atoms with Gasteiger partial charge in [0, 0.05) is 21.7 Å². The molecule has 0 N–H and O–H groups in total. The molecule has 4 aliphatic rings. The minimum atomic E-state index is -0.104. The van der Waals surface area contributed by atoms with E-state index in [1.165, 1.54) is 220 Å². The van der Waals surface area contributed by atoms with E-state index in [9.17, 15) is 0 Å². The molecular weight excluding hydrogens is 1300 g/mol. The fourth-order valence-electron chi connectivity index (χ4n) is 20.2. The molecule has 0 bridgehead atoms. The lowest BCUT2D eigenvalue weighted by Gasteiger charge is -2.30. The van der Waals surface area contributed by atoms with Crippen LogP contribution in [0.3, 0.4) is 0 Å². The number of rotatable bonds is 6. The van der Waals surface area contributed by atoms with Gasteiger partial charge >= 0.3 is 0 Å². The van der Waals surface area contributed by atoms with Gasteiger partial charge in [-0.1, -0.05) is 334 Å². The highest BCUT2D eigenvalue weighted by atomic mass is 14.5. The molecule has 0 heteroatoms. The second kappa shape index (κ2) is 23.5. The Kier molecular flexibility index (Phi) is 13.9. The molecule has 0 fully saturated rings. The van der Waals surface area contributed by atoms with Gasteiger partial charge in [0.2, 0.25) is 0 Å². The fraction of sp³-hybridized carbons (Fsp3) is 0.111. The van der Waals surface area contributed by atoms with Crippen molar-refractivity contribution in [3.63, 3.8) is 0 Å². The van der Waals surface area contributed by atoms with E-state index in [0.29, 0.717) is 0 Å². The van der Waals surface area contributed by atoms with Crippen LogP contribution in [-0.2, 0) is 21.7 Å².